The third-order valence-corrected chi connectivity index (χ3v) is 3.03. The first kappa shape index (κ1) is 13.0. The smallest absolute Gasteiger partial charge is 0.279 e. The van der Waals surface area contributed by atoms with Crippen LogP contribution in [0.25, 0.3) is 0 Å². The highest BCUT2D eigenvalue weighted by atomic mass is 16.2. The molecule has 4 N–H and O–H groups in total. The van der Waals surface area contributed by atoms with Gasteiger partial charge < -0.3 is 10.7 Å². The van der Waals surface area contributed by atoms with E-state index in [1.54, 1.807) is 24.3 Å². The Morgan fingerprint density at radius 2 is 2.10 bits per heavy atom. The second-order valence-electron chi connectivity index (χ2n) is 4.39. The Kier molecular flexibility index (Phi) is 3.20. The van der Waals surface area contributed by atoms with E-state index in [-0.39, 0.29) is 18.1 Å². The SMILES string of the molecule is NNc1cnc(C(=O)N2CC(=O)Nc3ccccc32)cn1. The van der Waals surface area contributed by atoms with Crippen LogP contribution >= 0.6 is 0 Å². The van der Waals surface area contributed by atoms with E-state index in [0.717, 1.165) is 0 Å². The van der Waals surface area contributed by atoms with Crippen LogP contribution in [0.4, 0.5) is 17.2 Å². The molecule has 0 aliphatic carbocycles. The molecule has 0 unspecified atom stereocenters. The standard InChI is InChI=1S/C13H12N6O2/c14-18-11-6-15-9(5-16-11)13(21)19-7-12(20)17-8-3-1-2-4-10(8)19/h1-6H,7,14H2,(H,16,18)(H,17,20). The van der Waals surface area contributed by atoms with Gasteiger partial charge in [-0.1, -0.05) is 12.1 Å². The van der Waals surface area contributed by atoms with Gasteiger partial charge >= 0.3 is 0 Å². The zero-order valence-electron chi connectivity index (χ0n) is 10.9. The monoisotopic (exact) mass is 284 g/mol. The van der Waals surface area contributed by atoms with Gasteiger partial charge in [-0.15, -0.1) is 0 Å². The van der Waals surface area contributed by atoms with Gasteiger partial charge in [-0.3, -0.25) is 14.5 Å². The number of nitrogen functional groups attached to an aromatic ring is 1. The molecule has 8 heteroatoms. The maximum Gasteiger partial charge on any atom is 0.279 e. The first-order valence-electron chi connectivity index (χ1n) is 6.18. The van der Waals surface area contributed by atoms with Crippen molar-refractivity contribution in [2.24, 2.45) is 5.84 Å². The molecule has 2 aromatic rings. The number of anilines is 3. The molecule has 106 valence electrons. The number of hydrogen-bond donors (Lipinski definition) is 3. The second kappa shape index (κ2) is 5.17. The average Bonchev–Trinajstić information content (AvgIpc) is 2.53. The van der Waals surface area contributed by atoms with Crippen LogP contribution in [0.1, 0.15) is 10.5 Å². The molecule has 8 nitrogen and oxygen atoms in total. The molecule has 0 bridgehead atoms. The normalized spacial score (nSPS) is 13.4. The number of para-hydroxylation sites is 2. The van der Waals surface area contributed by atoms with Crippen LogP contribution in [0, 0.1) is 0 Å². The number of nitrogens with one attached hydrogen (secondary N) is 2. The molecule has 2 heterocycles. The fourth-order valence-corrected chi connectivity index (χ4v) is 2.07. The van der Waals surface area contributed by atoms with Crippen molar-refractivity contribution in [2.75, 3.05) is 22.2 Å². The molecular formula is C13H12N6O2. The first-order valence-corrected chi connectivity index (χ1v) is 6.18. The Bertz CT molecular complexity index is 700. The van der Waals surface area contributed by atoms with Crippen molar-refractivity contribution in [3.05, 3.63) is 42.4 Å². The van der Waals surface area contributed by atoms with E-state index in [1.807, 2.05) is 0 Å². The summed E-state index contributed by atoms with van der Waals surface area (Å²) in [5.74, 6) is 4.90. The number of benzene rings is 1. The lowest BCUT2D eigenvalue weighted by molar-refractivity contribution is -0.115. The fourth-order valence-electron chi connectivity index (χ4n) is 2.07. The lowest BCUT2D eigenvalue weighted by Crippen LogP contribution is -2.42. The van der Waals surface area contributed by atoms with E-state index in [0.29, 0.717) is 17.2 Å². The summed E-state index contributed by atoms with van der Waals surface area (Å²) in [5, 5.41) is 2.72. The lowest BCUT2D eigenvalue weighted by Gasteiger charge is -2.28. The van der Waals surface area contributed by atoms with Crippen molar-refractivity contribution in [3.63, 3.8) is 0 Å². The van der Waals surface area contributed by atoms with Crippen molar-refractivity contribution in [3.8, 4) is 0 Å². The zero-order chi connectivity index (χ0) is 14.8. The number of rotatable bonds is 2. The highest BCUT2D eigenvalue weighted by Crippen LogP contribution is 2.29. The predicted octanol–water partition coefficient (Wildman–Crippen LogP) is 0.361. The molecule has 1 aromatic heterocycles. The number of carbonyl (C=O) groups excluding carboxylic acids is 2. The van der Waals surface area contributed by atoms with Crippen LogP contribution in [-0.4, -0.2) is 28.3 Å². The van der Waals surface area contributed by atoms with Crippen molar-refractivity contribution >= 4 is 29.0 Å². The number of nitrogens with two attached hydrogens (primary N) is 1. The Hall–Kier alpha value is -3.00. The number of fused-ring (bicyclic) bond motifs is 1. The van der Waals surface area contributed by atoms with E-state index in [1.165, 1.54) is 17.3 Å². The highest BCUT2D eigenvalue weighted by molar-refractivity contribution is 6.14. The summed E-state index contributed by atoms with van der Waals surface area (Å²) >= 11 is 0. The molecule has 0 saturated heterocycles. The summed E-state index contributed by atoms with van der Waals surface area (Å²) in [4.78, 5) is 33.5. The lowest BCUT2D eigenvalue weighted by atomic mass is 10.2. The van der Waals surface area contributed by atoms with Crippen molar-refractivity contribution in [1.82, 2.24) is 9.97 Å². The maximum atomic E-state index is 12.5. The molecule has 1 aliphatic heterocycles. The molecule has 2 amide bonds. The molecule has 0 radical (unpaired) electrons. The summed E-state index contributed by atoms with van der Waals surface area (Å²) in [5.41, 5.74) is 3.69. The quantitative estimate of drug-likeness (QED) is 0.542. The minimum atomic E-state index is -0.395. The Labute approximate surface area is 120 Å². The van der Waals surface area contributed by atoms with Crippen LogP contribution in [0.15, 0.2) is 36.7 Å². The van der Waals surface area contributed by atoms with E-state index in [9.17, 15) is 9.59 Å². The van der Waals surface area contributed by atoms with E-state index >= 15 is 0 Å². The van der Waals surface area contributed by atoms with Crippen LogP contribution < -0.4 is 21.5 Å². The summed E-state index contributed by atoms with van der Waals surface area (Å²) in [7, 11) is 0. The highest BCUT2D eigenvalue weighted by Gasteiger charge is 2.28. The van der Waals surface area contributed by atoms with Gasteiger partial charge in [0.15, 0.2) is 5.82 Å². The Morgan fingerprint density at radius 3 is 2.81 bits per heavy atom. The Morgan fingerprint density at radius 1 is 1.29 bits per heavy atom. The maximum absolute atomic E-state index is 12.5. The van der Waals surface area contributed by atoms with Gasteiger partial charge in [-0.05, 0) is 12.1 Å². The molecule has 0 atom stereocenters. The van der Waals surface area contributed by atoms with E-state index in [2.05, 4.69) is 20.7 Å². The number of aromatic nitrogens is 2. The molecule has 0 saturated carbocycles. The first-order chi connectivity index (χ1) is 10.2. The zero-order valence-corrected chi connectivity index (χ0v) is 10.9. The average molecular weight is 284 g/mol. The van der Waals surface area contributed by atoms with Crippen molar-refractivity contribution in [1.29, 1.82) is 0 Å². The number of hydrazine groups is 1. The number of hydrogen-bond acceptors (Lipinski definition) is 6. The van der Waals surface area contributed by atoms with Gasteiger partial charge in [0.05, 0.1) is 23.8 Å². The van der Waals surface area contributed by atoms with Crippen LogP contribution in [0.2, 0.25) is 0 Å². The van der Waals surface area contributed by atoms with Crippen molar-refractivity contribution in [2.45, 2.75) is 0 Å². The Balaban J connectivity index is 1.95. The number of nitrogens with zero attached hydrogens (tertiary/aromatic N) is 3. The van der Waals surface area contributed by atoms with Crippen LogP contribution in [0.3, 0.4) is 0 Å². The van der Waals surface area contributed by atoms with E-state index in [4.69, 9.17) is 5.84 Å². The van der Waals surface area contributed by atoms with Crippen molar-refractivity contribution < 1.29 is 9.59 Å². The van der Waals surface area contributed by atoms with E-state index < -0.39 is 5.91 Å². The third kappa shape index (κ3) is 2.39. The van der Waals surface area contributed by atoms with Gasteiger partial charge in [-0.25, -0.2) is 15.8 Å². The van der Waals surface area contributed by atoms with Crippen LogP contribution in [0.5, 0.6) is 0 Å². The van der Waals surface area contributed by atoms with Gasteiger partial charge in [0.2, 0.25) is 5.91 Å². The molecule has 3 rings (SSSR count). The number of carbonyl (C=O) groups is 2. The fraction of sp³-hybridized carbons (Fsp3) is 0.0769. The largest absolute Gasteiger partial charge is 0.323 e. The van der Waals surface area contributed by atoms with Crippen LogP contribution in [-0.2, 0) is 4.79 Å². The second-order valence-corrected chi connectivity index (χ2v) is 4.39. The predicted molar refractivity (Wildman–Crippen MR) is 76.6 cm³/mol. The topological polar surface area (TPSA) is 113 Å². The summed E-state index contributed by atoms with van der Waals surface area (Å²) in [6.45, 7) is -0.0611. The molecule has 1 aliphatic rings. The third-order valence-electron chi connectivity index (χ3n) is 3.03. The summed E-state index contributed by atoms with van der Waals surface area (Å²) in [6, 6.07) is 7.08. The van der Waals surface area contributed by atoms with Gasteiger partial charge in [0.1, 0.15) is 12.2 Å². The van der Waals surface area contributed by atoms with Gasteiger partial charge in [-0.2, -0.15) is 0 Å². The van der Waals surface area contributed by atoms with Gasteiger partial charge in [0.25, 0.3) is 5.91 Å². The molecule has 21 heavy (non-hydrogen) atoms. The van der Waals surface area contributed by atoms with Gasteiger partial charge in [0, 0.05) is 0 Å². The molecule has 1 aromatic carbocycles. The molecule has 0 fully saturated rings. The molecular weight excluding hydrogens is 272 g/mol. The number of amides is 2. The minimum absolute atomic E-state index is 0.0611. The summed E-state index contributed by atoms with van der Waals surface area (Å²) < 4.78 is 0. The molecule has 0 spiro atoms. The summed E-state index contributed by atoms with van der Waals surface area (Å²) in [6.07, 6.45) is 2.66. The minimum Gasteiger partial charge on any atom is -0.323 e.